The molecule has 2 aromatic carbocycles. The second-order valence-corrected chi connectivity index (χ2v) is 7.27. The van der Waals surface area contributed by atoms with Crippen molar-refractivity contribution in [3.8, 4) is 0 Å². The molecule has 4 nitrogen and oxygen atoms in total. The number of rotatable bonds is 4. The summed E-state index contributed by atoms with van der Waals surface area (Å²) in [5.41, 5.74) is 3.68. The van der Waals surface area contributed by atoms with Crippen LogP contribution >= 0.6 is 23.5 Å². The van der Waals surface area contributed by atoms with Gasteiger partial charge in [-0.1, -0.05) is 41.9 Å². The maximum atomic E-state index is 13.7. The number of benzene rings is 2. The zero-order chi connectivity index (χ0) is 18.6. The molecule has 3 aromatic rings. The van der Waals surface area contributed by atoms with Gasteiger partial charge >= 0.3 is 0 Å². The molecule has 0 saturated carbocycles. The molecule has 7 heteroatoms. The Hall–Kier alpha value is -2.57. The lowest BCUT2D eigenvalue weighted by Gasteiger charge is -2.23. The standard InChI is InChI=1S/C20H16ClFN4S/c21-16-6-2-1-4-13(16)10-14-5-3-7-18-19(14)25-20(26-27-18)24-11-15-8-9-23-12-17(15)22/h1-9,12H,10-11H2,(H2,24,25,26). The molecule has 1 aromatic heterocycles. The van der Waals surface area contributed by atoms with E-state index in [0.717, 1.165) is 26.7 Å². The Morgan fingerprint density at radius 3 is 2.74 bits per heavy atom. The van der Waals surface area contributed by atoms with Gasteiger partial charge in [0.1, 0.15) is 5.82 Å². The van der Waals surface area contributed by atoms with E-state index in [1.54, 1.807) is 12.3 Å². The topological polar surface area (TPSA) is 49.3 Å². The summed E-state index contributed by atoms with van der Waals surface area (Å²) in [6, 6.07) is 15.6. The van der Waals surface area contributed by atoms with Crippen molar-refractivity contribution >= 4 is 35.2 Å². The first kappa shape index (κ1) is 17.8. The predicted molar refractivity (Wildman–Crippen MR) is 109 cm³/mol. The molecule has 0 atom stereocenters. The number of halogens is 2. The van der Waals surface area contributed by atoms with E-state index in [9.17, 15) is 4.39 Å². The summed E-state index contributed by atoms with van der Waals surface area (Å²) in [5.74, 6) is 0.237. The number of anilines is 1. The van der Waals surface area contributed by atoms with Crippen molar-refractivity contribution in [2.24, 2.45) is 4.99 Å². The van der Waals surface area contributed by atoms with Gasteiger partial charge in [-0.05, 0) is 41.3 Å². The summed E-state index contributed by atoms with van der Waals surface area (Å²) < 4.78 is 16.9. The number of nitrogens with zero attached hydrogens (tertiary/aromatic N) is 2. The van der Waals surface area contributed by atoms with Crippen LogP contribution in [0.25, 0.3) is 0 Å². The third kappa shape index (κ3) is 4.07. The van der Waals surface area contributed by atoms with Crippen molar-refractivity contribution in [1.82, 2.24) is 9.71 Å². The molecule has 0 saturated heterocycles. The average molecular weight is 399 g/mol. The third-order valence-electron chi connectivity index (χ3n) is 4.22. The fourth-order valence-electron chi connectivity index (χ4n) is 2.81. The maximum absolute atomic E-state index is 13.7. The monoisotopic (exact) mass is 398 g/mol. The van der Waals surface area contributed by atoms with Crippen LogP contribution in [0.5, 0.6) is 0 Å². The molecule has 0 amide bonds. The second-order valence-electron chi connectivity index (χ2n) is 6.02. The molecule has 2 heterocycles. The van der Waals surface area contributed by atoms with E-state index < -0.39 is 0 Å². The number of nitrogens with one attached hydrogen (secondary N) is 2. The number of aromatic nitrogens is 1. The van der Waals surface area contributed by atoms with E-state index >= 15 is 0 Å². The van der Waals surface area contributed by atoms with Gasteiger partial charge in [-0.3, -0.25) is 9.71 Å². The quantitative estimate of drug-likeness (QED) is 0.604. The highest BCUT2D eigenvalue weighted by Crippen LogP contribution is 2.34. The maximum Gasteiger partial charge on any atom is 0.206 e. The molecule has 136 valence electrons. The molecule has 0 unspecified atom stereocenters. The molecular formula is C20H16ClFN4S. The van der Waals surface area contributed by atoms with Crippen molar-refractivity contribution in [3.05, 3.63) is 88.5 Å². The molecule has 1 aliphatic rings. The highest BCUT2D eigenvalue weighted by atomic mass is 35.5. The normalized spacial score (nSPS) is 14.4. The van der Waals surface area contributed by atoms with E-state index in [0.29, 0.717) is 17.9 Å². The number of pyridine rings is 1. The van der Waals surface area contributed by atoms with Crippen LogP contribution in [-0.2, 0) is 13.0 Å². The molecule has 1 aliphatic heterocycles. The van der Waals surface area contributed by atoms with Gasteiger partial charge in [-0.25, -0.2) is 9.38 Å². The number of hydrogen-bond donors (Lipinski definition) is 2. The van der Waals surface area contributed by atoms with Crippen LogP contribution in [0.4, 0.5) is 10.1 Å². The highest BCUT2D eigenvalue weighted by molar-refractivity contribution is 7.98. The fourth-order valence-corrected chi connectivity index (χ4v) is 3.77. The number of guanidine groups is 1. The number of hydrogen-bond acceptors (Lipinski definition) is 3. The van der Waals surface area contributed by atoms with E-state index in [4.69, 9.17) is 11.6 Å². The molecule has 0 radical (unpaired) electrons. The molecule has 0 aliphatic carbocycles. The lowest BCUT2D eigenvalue weighted by atomic mass is 10.0. The van der Waals surface area contributed by atoms with Crippen LogP contribution in [0.1, 0.15) is 16.7 Å². The van der Waals surface area contributed by atoms with Gasteiger partial charge in [0.25, 0.3) is 0 Å². The van der Waals surface area contributed by atoms with Crippen molar-refractivity contribution in [1.29, 1.82) is 0 Å². The van der Waals surface area contributed by atoms with Gasteiger partial charge in [-0.15, -0.1) is 0 Å². The van der Waals surface area contributed by atoms with Crippen LogP contribution in [-0.4, -0.2) is 10.9 Å². The van der Waals surface area contributed by atoms with Crippen LogP contribution in [0, 0.1) is 5.82 Å². The molecular weight excluding hydrogens is 383 g/mol. The summed E-state index contributed by atoms with van der Waals surface area (Å²) >= 11 is 7.80. The smallest absolute Gasteiger partial charge is 0.206 e. The van der Waals surface area contributed by atoms with Crippen molar-refractivity contribution in [3.63, 3.8) is 0 Å². The van der Waals surface area contributed by atoms with E-state index in [1.807, 2.05) is 36.4 Å². The fraction of sp³-hybridized carbons (Fsp3) is 0.100. The number of para-hydroxylation sites is 1. The summed E-state index contributed by atoms with van der Waals surface area (Å²) in [4.78, 5) is 9.29. The minimum absolute atomic E-state index is 0.228. The van der Waals surface area contributed by atoms with Gasteiger partial charge in [-0.2, -0.15) is 0 Å². The lowest BCUT2D eigenvalue weighted by Crippen LogP contribution is -2.30. The summed E-state index contributed by atoms with van der Waals surface area (Å²) in [6.45, 7) is 0.228. The third-order valence-corrected chi connectivity index (χ3v) is 5.44. The van der Waals surface area contributed by atoms with Gasteiger partial charge in [0.05, 0.1) is 23.3 Å². The second kappa shape index (κ2) is 7.98. The predicted octanol–water partition coefficient (Wildman–Crippen LogP) is 5.04. The lowest BCUT2D eigenvalue weighted by molar-refractivity contribution is 0.604. The van der Waals surface area contributed by atoms with E-state index in [1.165, 1.54) is 18.1 Å². The van der Waals surface area contributed by atoms with Crippen molar-refractivity contribution < 1.29 is 4.39 Å². The molecule has 0 fully saturated rings. The SMILES string of the molecule is Fc1cnccc1CN=C1NSc2cccc(Cc3ccccc3Cl)c2N1. The average Bonchev–Trinajstić information content (AvgIpc) is 2.69. The molecule has 27 heavy (non-hydrogen) atoms. The van der Waals surface area contributed by atoms with Gasteiger partial charge in [0.15, 0.2) is 0 Å². The van der Waals surface area contributed by atoms with Crippen molar-refractivity contribution in [2.75, 3.05) is 5.32 Å². The van der Waals surface area contributed by atoms with Gasteiger partial charge in [0, 0.05) is 23.2 Å². The first-order valence-corrected chi connectivity index (χ1v) is 9.58. The number of aliphatic imine (C=N–C) groups is 1. The molecule has 0 spiro atoms. The molecule has 2 N–H and O–H groups in total. The first-order chi connectivity index (χ1) is 13.2. The zero-order valence-corrected chi connectivity index (χ0v) is 15.8. The van der Waals surface area contributed by atoms with Crippen LogP contribution < -0.4 is 10.0 Å². The highest BCUT2D eigenvalue weighted by Gasteiger charge is 2.17. The summed E-state index contributed by atoms with van der Waals surface area (Å²) in [7, 11) is 0. The molecule has 0 bridgehead atoms. The molecule has 4 rings (SSSR count). The Morgan fingerprint density at radius 2 is 1.89 bits per heavy atom. The largest absolute Gasteiger partial charge is 0.324 e. The van der Waals surface area contributed by atoms with Crippen LogP contribution in [0.3, 0.4) is 0 Å². The van der Waals surface area contributed by atoms with E-state index in [-0.39, 0.29) is 12.4 Å². The minimum Gasteiger partial charge on any atom is -0.324 e. The first-order valence-electron chi connectivity index (χ1n) is 8.39. The Labute approximate surface area is 166 Å². The Morgan fingerprint density at radius 1 is 1.04 bits per heavy atom. The summed E-state index contributed by atoms with van der Waals surface area (Å²) in [5, 5.41) is 4.08. The van der Waals surface area contributed by atoms with Crippen molar-refractivity contribution in [2.45, 2.75) is 17.9 Å². The Kier molecular flexibility index (Phi) is 5.27. The number of fused-ring (bicyclic) bond motifs is 1. The Bertz CT molecular complexity index is 1010. The van der Waals surface area contributed by atoms with E-state index in [2.05, 4.69) is 26.1 Å². The minimum atomic E-state index is -0.356. The van der Waals surface area contributed by atoms with Gasteiger partial charge in [0.2, 0.25) is 5.96 Å². The van der Waals surface area contributed by atoms with Crippen LogP contribution in [0.2, 0.25) is 5.02 Å². The zero-order valence-electron chi connectivity index (χ0n) is 14.2. The van der Waals surface area contributed by atoms with Crippen LogP contribution in [0.15, 0.2) is 70.8 Å². The van der Waals surface area contributed by atoms with Gasteiger partial charge < -0.3 is 5.32 Å². The summed E-state index contributed by atoms with van der Waals surface area (Å²) in [6.07, 6.45) is 3.47. The Balaban J connectivity index is 1.57.